The first kappa shape index (κ1) is 20.5. The van der Waals surface area contributed by atoms with Crippen molar-refractivity contribution in [3.05, 3.63) is 0 Å². The zero-order valence-corrected chi connectivity index (χ0v) is 15.3. The summed E-state index contributed by atoms with van der Waals surface area (Å²) < 4.78 is 0.618. The highest BCUT2D eigenvalue weighted by Gasteiger charge is 1.94. The molecule has 1 N–H and O–H groups in total. The maximum atomic E-state index is 5.65. The van der Waals surface area contributed by atoms with E-state index in [0.717, 1.165) is 12.4 Å². The molecule has 0 aromatic rings. The molecule has 0 bridgehead atoms. The number of unbranched alkanes of at least 4 members (excludes halogenated alkanes) is 12. The lowest BCUT2D eigenvalue weighted by atomic mass is 10.0. The van der Waals surface area contributed by atoms with Gasteiger partial charge in [0.05, 0.1) is 0 Å². The number of thiocarbonyl (C=S) groups is 1. The summed E-state index contributed by atoms with van der Waals surface area (Å²) in [6.07, 6.45) is 17.6. The second-order valence-electron chi connectivity index (χ2n) is 5.52. The number of thiol groups is 1. The van der Waals surface area contributed by atoms with E-state index in [1.54, 1.807) is 0 Å². The number of rotatable bonds is 15. The van der Waals surface area contributed by atoms with Gasteiger partial charge in [-0.2, -0.15) is 0 Å². The number of nitrogens with one attached hydrogen (secondary N) is 1. The third kappa shape index (κ3) is 18.5. The van der Waals surface area contributed by atoms with Crippen LogP contribution in [0.15, 0.2) is 0 Å². The van der Waals surface area contributed by atoms with Crippen molar-refractivity contribution in [2.45, 2.75) is 83.5 Å². The number of halogens is 1. The highest BCUT2D eigenvalue weighted by atomic mass is 35.5. The fraction of sp³-hybridized carbons (Fsp3) is 0.938. The van der Waals surface area contributed by atoms with Crippen molar-refractivity contribution in [1.82, 2.24) is 5.32 Å². The predicted molar refractivity (Wildman–Crippen MR) is 100 cm³/mol. The molecule has 0 heterocycles. The van der Waals surface area contributed by atoms with E-state index in [4.69, 9.17) is 23.8 Å². The van der Waals surface area contributed by atoms with Crippen LogP contribution in [0.4, 0.5) is 0 Å². The Morgan fingerprint density at radius 1 is 0.700 bits per heavy atom. The molecular formula is C16H32ClNS2. The summed E-state index contributed by atoms with van der Waals surface area (Å²) in [7, 11) is 0. The van der Waals surface area contributed by atoms with Crippen LogP contribution in [-0.4, -0.2) is 16.7 Å². The van der Waals surface area contributed by atoms with Gasteiger partial charge in [0.1, 0.15) is 4.32 Å². The second kappa shape index (κ2) is 17.6. The van der Waals surface area contributed by atoms with Gasteiger partial charge in [-0.15, -0.1) is 24.2 Å². The quantitative estimate of drug-likeness (QED) is 0.162. The lowest BCUT2D eigenvalue weighted by molar-refractivity contribution is 0.539. The van der Waals surface area contributed by atoms with Crippen LogP contribution in [0.1, 0.15) is 83.5 Å². The van der Waals surface area contributed by atoms with Gasteiger partial charge in [-0.05, 0) is 12.8 Å². The third-order valence-electron chi connectivity index (χ3n) is 3.59. The van der Waals surface area contributed by atoms with Crippen molar-refractivity contribution in [2.24, 2.45) is 0 Å². The molecule has 0 aliphatic carbocycles. The Morgan fingerprint density at radius 2 is 1.05 bits per heavy atom. The summed E-state index contributed by atoms with van der Waals surface area (Å²) in [5.41, 5.74) is 0. The Hall–Kier alpha value is 0.530. The van der Waals surface area contributed by atoms with Crippen LogP contribution < -0.4 is 5.32 Å². The van der Waals surface area contributed by atoms with Gasteiger partial charge in [0.2, 0.25) is 0 Å². The minimum absolute atomic E-state index is 0.618. The van der Waals surface area contributed by atoms with E-state index in [1.807, 2.05) is 0 Å². The highest BCUT2D eigenvalue weighted by Crippen LogP contribution is 2.12. The van der Waals surface area contributed by atoms with Crippen molar-refractivity contribution >= 4 is 40.8 Å². The van der Waals surface area contributed by atoms with Gasteiger partial charge in [0, 0.05) is 12.4 Å². The molecule has 0 saturated heterocycles. The van der Waals surface area contributed by atoms with E-state index in [-0.39, 0.29) is 0 Å². The maximum Gasteiger partial charge on any atom is 0.130 e. The standard InChI is InChI=1S/C16H32ClNS2/c17-14-12-10-8-6-4-2-1-3-5-7-9-11-13-15-18-16(19)20/h1-15H2,(H2,18,19,20). The smallest absolute Gasteiger partial charge is 0.130 e. The Bertz CT molecular complexity index is 213. The molecule has 0 aliphatic heterocycles. The maximum absolute atomic E-state index is 5.65. The van der Waals surface area contributed by atoms with Crippen molar-refractivity contribution in [1.29, 1.82) is 0 Å². The summed E-state index contributed by atoms with van der Waals surface area (Å²) in [5, 5.41) is 3.08. The molecule has 0 atom stereocenters. The average Bonchev–Trinajstić information content (AvgIpc) is 2.43. The van der Waals surface area contributed by atoms with Crippen molar-refractivity contribution in [2.75, 3.05) is 12.4 Å². The summed E-state index contributed by atoms with van der Waals surface area (Å²) in [6.45, 7) is 0.978. The Balaban J connectivity index is 2.94. The molecule has 1 nitrogen and oxygen atoms in total. The van der Waals surface area contributed by atoms with E-state index >= 15 is 0 Å². The van der Waals surface area contributed by atoms with Crippen LogP contribution in [0.2, 0.25) is 0 Å². The van der Waals surface area contributed by atoms with Gasteiger partial charge >= 0.3 is 0 Å². The SMILES string of the molecule is S=C(S)NCCCCCCCCCCCCCCCCl. The van der Waals surface area contributed by atoms with E-state index in [1.165, 1.54) is 83.5 Å². The molecule has 0 aromatic carbocycles. The molecule has 120 valence electrons. The van der Waals surface area contributed by atoms with Crippen LogP contribution >= 0.6 is 36.4 Å². The topological polar surface area (TPSA) is 12.0 Å². The summed E-state index contributed by atoms with van der Waals surface area (Å²) >= 11 is 14.5. The molecule has 4 heteroatoms. The Labute approximate surface area is 142 Å². The molecule has 0 fully saturated rings. The largest absolute Gasteiger partial charge is 0.371 e. The average molecular weight is 338 g/mol. The molecular weight excluding hydrogens is 306 g/mol. The Morgan fingerprint density at radius 3 is 1.40 bits per heavy atom. The number of hydrogen-bond acceptors (Lipinski definition) is 1. The van der Waals surface area contributed by atoms with E-state index in [2.05, 4.69) is 17.9 Å². The molecule has 0 aliphatic rings. The summed E-state index contributed by atoms with van der Waals surface area (Å²) in [5.74, 6) is 0.831. The molecule has 0 amide bonds. The predicted octanol–water partition coefficient (Wildman–Crippen LogP) is 6.10. The van der Waals surface area contributed by atoms with Crippen molar-refractivity contribution in [3.63, 3.8) is 0 Å². The minimum Gasteiger partial charge on any atom is -0.371 e. The van der Waals surface area contributed by atoms with Crippen molar-refractivity contribution < 1.29 is 0 Å². The van der Waals surface area contributed by atoms with Crippen LogP contribution in [0.5, 0.6) is 0 Å². The van der Waals surface area contributed by atoms with Crippen LogP contribution in [0.3, 0.4) is 0 Å². The van der Waals surface area contributed by atoms with E-state index in [0.29, 0.717) is 4.32 Å². The van der Waals surface area contributed by atoms with E-state index < -0.39 is 0 Å². The first-order valence-corrected chi connectivity index (χ1v) is 9.69. The van der Waals surface area contributed by atoms with Crippen LogP contribution in [0, 0.1) is 0 Å². The molecule has 0 unspecified atom stereocenters. The van der Waals surface area contributed by atoms with Crippen LogP contribution in [0.25, 0.3) is 0 Å². The van der Waals surface area contributed by atoms with E-state index in [9.17, 15) is 0 Å². The van der Waals surface area contributed by atoms with Crippen molar-refractivity contribution in [3.8, 4) is 0 Å². The third-order valence-corrected chi connectivity index (χ3v) is 4.16. The summed E-state index contributed by atoms with van der Waals surface area (Å²) in [6, 6.07) is 0. The lowest BCUT2D eigenvalue weighted by Crippen LogP contribution is -2.17. The minimum atomic E-state index is 0.618. The first-order valence-electron chi connectivity index (χ1n) is 8.30. The second-order valence-corrected chi connectivity index (χ2v) is 7.05. The first-order chi connectivity index (χ1) is 9.77. The van der Waals surface area contributed by atoms with Crippen LogP contribution in [-0.2, 0) is 0 Å². The fourth-order valence-electron chi connectivity index (χ4n) is 2.36. The molecule has 0 radical (unpaired) electrons. The fourth-order valence-corrected chi connectivity index (χ4v) is 2.76. The van der Waals surface area contributed by atoms with Gasteiger partial charge in [0.15, 0.2) is 0 Å². The molecule has 0 saturated carbocycles. The highest BCUT2D eigenvalue weighted by molar-refractivity contribution is 8.11. The molecule has 0 aromatic heterocycles. The monoisotopic (exact) mass is 337 g/mol. The Kier molecular flexibility index (Phi) is 18.0. The normalized spacial score (nSPS) is 10.7. The molecule has 0 spiro atoms. The summed E-state index contributed by atoms with van der Waals surface area (Å²) in [4.78, 5) is 0. The number of hydrogen-bond donors (Lipinski definition) is 2. The van der Waals surface area contributed by atoms with Gasteiger partial charge in [-0.25, -0.2) is 0 Å². The van der Waals surface area contributed by atoms with Gasteiger partial charge in [-0.3, -0.25) is 0 Å². The molecule has 0 rings (SSSR count). The van der Waals surface area contributed by atoms with Gasteiger partial charge in [0.25, 0.3) is 0 Å². The zero-order chi connectivity index (χ0) is 14.9. The van der Waals surface area contributed by atoms with Gasteiger partial charge < -0.3 is 5.32 Å². The lowest BCUT2D eigenvalue weighted by Gasteiger charge is -2.04. The molecule has 20 heavy (non-hydrogen) atoms. The number of alkyl halides is 1. The zero-order valence-electron chi connectivity index (χ0n) is 12.8. The van der Waals surface area contributed by atoms with Gasteiger partial charge in [-0.1, -0.05) is 82.8 Å².